The Bertz CT molecular complexity index is 511. The fourth-order valence-electron chi connectivity index (χ4n) is 2.35. The first-order chi connectivity index (χ1) is 10.1. The van der Waals surface area contributed by atoms with Crippen LogP contribution in [-0.4, -0.2) is 47.8 Å². The van der Waals surface area contributed by atoms with Crippen molar-refractivity contribution in [3.05, 3.63) is 5.56 Å². The number of amides is 2. The summed E-state index contributed by atoms with van der Waals surface area (Å²) in [6, 6.07) is 0. The molecule has 8 heteroatoms. The Kier molecular flexibility index (Phi) is 5.38. The average Bonchev–Trinajstić information content (AvgIpc) is 2.88. The highest BCUT2D eigenvalue weighted by atomic mass is 32.1. The molecule has 2 amide bonds. The van der Waals surface area contributed by atoms with Gasteiger partial charge in [-0.25, -0.2) is 0 Å². The zero-order valence-corrected chi connectivity index (χ0v) is 13.0. The minimum atomic E-state index is -0.272. The first kappa shape index (κ1) is 15.6. The normalized spacial score (nSPS) is 14.8. The van der Waals surface area contributed by atoms with Crippen LogP contribution in [0.1, 0.15) is 36.0 Å². The van der Waals surface area contributed by atoms with Crippen molar-refractivity contribution in [2.75, 3.05) is 37.7 Å². The molecule has 0 unspecified atom stereocenters. The molecule has 0 bridgehead atoms. The number of carbonyl (C=O) groups excluding carboxylic acids is 2. The molecule has 1 aliphatic heterocycles. The highest BCUT2D eigenvalue weighted by Crippen LogP contribution is 2.26. The van der Waals surface area contributed by atoms with Crippen molar-refractivity contribution in [2.24, 2.45) is 0 Å². The molecule has 2 rings (SSSR count). The minimum Gasteiger partial charge on any atom is -0.382 e. The molecule has 7 nitrogen and oxygen atoms in total. The summed E-state index contributed by atoms with van der Waals surface area (Å²) in [5.74, 6) is 0.0940. The molecule has 0 aliphatic carbocycles. The van der Waals surface area contributed by atoms with Crippen LogP contribution >= 0.6 is 11.5 Å². The standard InChI is InChI=1S/C13H21N5O2S/c1-15-12(20)10-11(14)17-21-13(10)16-6-5-9(19)18-7-3-2-4-8-18/h16H,2-8H2,1H3,(H2,14,17)(H,15,20). The Balaban J connectivity index is 1.86. The van der Waals surface area contributed by atoms with Crippen molar-refractivity contribution in [1.82, 2.24) is 14.6 Å². The van der Waals surface area contributed by atoms with Crippen LogP contribution in [0, 0.1) is 0 Å². The second-order valence-electron chi connectivity index (χ2n) is 4.97. The first-order valence-electron chi connectivity index (χ1n) is 7.12. The van der Waals surface area contributed by atoms with Gasteiger partial charge in [0.15, 0.2) is 5.82 Å². The zero-order valence-electron chi connectivity index (χ0n) is 12.1. The van der Waals surface area contributed by atoms with E-state index in [0.717, 1.165) is 37.5 Å². The molecule has 0 spiro atoms. The number of piperidine rings is 1. The van der Waals surface area contributed by atoms with E-state index in [1.807, 2.05) is 4.90 Å². The van der Waals surface area contributed by atoms with Crippen LogP contribution in [-0.2, 0) is 4.79 Å². The van der Waals surface area contributed by atoms with Crippen molar-refractivity contribution in [3.8, 4) is 0 Å². The number of rotatable bonds is 5. The van der Waals surface area contributed by atoms with Gasteiger partial charge in [-0.1, -0.05) is 0 Å². The van der Waals surface area contributed by atoms with Gasteiger partial charge in [0.05, 0.1) is 0 Å². The number of nitrogens with two attached hydrogens (primary N) is 1. The lowest BCUT2D eigenvalue weighted by Gasteiger charge is -2.26. The molecule has 1 aliphatic rings. The van der Waals surface area contributed by atoms with Gasteiger partial charge in [-0.05, 0) is 30.8 Å². The number of likely N-dealkylation sites (tertiary alicyclic amines) is 1. The quantitative estimate of drug-likeness (QED) is 0.750. The Hall–Kier alpha value is -1.83. The third kappa shape index (κ3) is 3.84. The lowest BCUT2D eigenvalue weighted by Crippen LogP contribution is -2.36. The third-order valence-electron chi connectivity index (χ3n) is 3.51. The summed E-state index contributed by atoms with van der Waals surface area (Å²) < 4.78 is 3.97. The molecule has 116 valence electrons. The van der Waals surface area contributed by atoms with E-state index in [9.17, 15) is 9.59 Å². The molecule has 1 fully saturated rings. The van der Waals surface area contributed by atoms with Gasteiger partial charge in [0, 0.05) is 33.1 Å². The van der Waals surface area contributed by atoms with Crippen LogP contribution in [0.3, 0.4) is 0 Å². The number of nitrogens with zero attached hydrogens (tertiary/aromatic N) is 2. The Morgan fingerprint density at radius 2 is 2.05 bits per heavy atom. The second-order valence-corrected chi connectivity index (χ2v) is 5.74. The van der Waals surface area contributed by atoms with Crippen LogP contribution in [0.4, 0.5) is 10.8 Å². The summed E-state index contributed by atoms with van der Waals surface area (Å²) in [6.45, 7) is 2.19. The number of carbonyl (C=O) groups is 2. The van der Waals surface area contributed by atoms with Crippen LogP contribution in [0.2, 0.25) is 0 Å². The summed E-state index contributed by atoms with van der Waals surface area (Å²) in [7, 11) is 1.54. The van der Waals surface area contributed by atoms with Gasteiger partial charge in [-0.2, -0.15) is 4.37 Å². The number of anilines is 2. The van der Waals surface area contributed by atoms with Gasteiger partial charge < -0.3 is 21.3 Å². The predicted molar refractivity (Wildman–Crippen MR) is 83.5 cm³/mol. The highest BCUT2D eigenvalue weighted by molar-refractivity contribution is 7.11. The molecule has 0 saturated carbocycles. The number of aromatic nitrogens is 1. The summed E-state index contributed by atoms with van der Waals surface area (Å²) in [5, 5.41) is 6.23. The van der Waals surface area contributed by atoms with E-state index < -0.39 is 0 Å². The van der Waals surface area contributed by atoms with E-state index in [1.54, 1.807) is 7.05 Å². The van der Waals surface area contributed by atoms with Crippen molar-refractivity contribution in [2.45, 2.75) is 25.7 Å². The third-order valence-corrected chi connectivity index (χ3v) is 4.32. The Morgan fingerprint density at radius 1 is 1.33 bits per heavy atom. The number of nitrogen functional groups attached to an aromatic ring is 1. The summed E-state index contributed by atoms with van der Waals surface area (Å²) in [5.41, 5.74) is 6.04. The van der Waals surface area contributed by atoms with Gasteiger partial charge in [0.1, 0.15) is 10.6 Å². The fraction of sp³-hybridized carbons (Fsp3) is 0.615. The van der Waals surface area contributed by atoms with E-state index in [-0.39, 0.29) is 17.6 Å². The molecule has 21 heavy (non-hydrogen) atoms. The van der Waals surface area contributed by atoms with E-state index >= 15 is 0 Å². The largest absolute Gasteiger partial charge is 0.382 e. The second kappa shape index (κ2) is 7.26. The zero-order chi connectivity index (χ0) is 15.2. The SMILES string of the molecule is CNC(=O)c1c(N)nsc1NCCC(=O)N1CCCCC1. The molecular weight excluding hydrogens is 290 g/mol. The van der Waals surface area contributed by atoms with E-state index in [4.69, 9.17) is 5.73 Å². The molecule has 1 aromatic rings. The van der Waals surface area contributed by atoms with Gasteiger partial charge in [-0.3, -0.25) is 9.59 Å². The van der Waals surface area contributed by atoms with Crippen molar-refractivity contribution < 1.29 is 9.59 Å². The van der Waals surface area contributed by atoms with Crippen LogP contribution in [0.25, 0.3) is 0 Å². The smallest absolute Gasteiger partial charge is 0.257 e. The Labute approximate surface area is 128 Å². The molecule has 1 saturated heterocycles. The lowest BCUT2D eigenvalue weighted by atomic mass is 10.1. The summed E-state index contributed by atoms with van der Waals surface area (Å²) in [4.78, 5) is 25.7. The maximum Gasteiger partial charge on any atom is 0.257 e. The van der Waals surface area contributed by atoms with E-state index in [2.05, 4.69) is 15.0 Å². The molecule has 1 aromatic heterocycles. The molecule has 0 atom stereocenters. The number of hydrogen-bond acceptors (Lipinski definition) is 6. The molecule has 2 heterocycles. The summed E-state index contributed by atoms with van der Waals surface area (Å²) in [6.07, 6.45) is 3.79. The molecular formula is C13H21N5O2S. The monoisotopic (exact) mass is 311 g/mol. The van der Waals surface area contributed by atoms with Crippen LogP contribution in [0.15, 0.2) is 0 Å². The van der Waals surface area contributed by atoms with E-state index in [0.29, 0.717) is 23.5 Å². The van der Waals surface area contributed by atoms with Crippen LogP contribution in [0.5, 0.6) is 0 Å². The average molecular weight is 311 g/mol. The van der Waals surface area contributed by atoms with E-state index in [1.165, 1.54) is 6.42 Å². The Morgan fingerprint density at radius 3 is 2.71 bits per heavy atom. The number of hydrogen-bond donors (Lipinski definition) is 3. The fourth-order valence-corrected chi connectivity index (χ4v) is 3.09. The lowest BCUT2D eigenvalue weighted by molar-refractivity contribution is -0.131. The van der Waals surface area contributed by atoms with Crippen molar-refractivity contribution in [3.63, 3.8) is 0 Å². The summed E-state index contributed by atoms with van der Waals surface area (Å²) >= 11 is 1.14. The van der Waals surface area contributed by atoms with Crippen molar-refractivity contribution >= 4 is 34.2 Å². The molecule has 0 radical (unpaired) electrons. The highest BCUT2D eigenvalue weighted by Gasteiger charge is 2.19. The van der Waals surface area contributed by atoms with Crippen molar-refractivity contribution in [1.29, 1.82) is 0 Å². The number of nitrogens with one attached hydrogen (secondary N) is 2. The van der Waals surface area contributed by atoms with Gasteiger partial charge >= 0.3 is 0 Å². The molecule has 0 aromatic carbocycles. The van der Waals surface area contributed by atoms with Gasteiger partial charge in [0.2, 0.25) is 5.91 Å². The molecule has 4 N–H and O–H groups in total. The van der Waals surface area contributed by atoms with Crippen LogP contribution < -0.4 is 16.4 Å². The first-order valence-corrected chi connectivity index (χ1v) is 7.89. The maximum atomic E-state index is 12.0. The van der Waals surface area contributed by atoms with Gasteiger partial charge in [0.25, 0.3) is 5.91 Å². The topological polar surface area (TPSA) is 100 Å². The van der Waals surface area contributed by atoms with Gasteiger partial charge in [-0.15, -0.1) is 0 Å². The minimum absolute atomic E-state index is 0.154. The maximum absolute atomic E-state index is 12.0. The predicted octanol–water partition coefficient (Wildman–Crippen LogP) is 0.899.